The largest absolute Gasteiger partial charge is 0.756 e. The molecule has 30 nitrogen and oxygen atoms in total. The fraction of sp³-hybridized carbons (Fsp3) is 0.303. The Bertz CT molecular complexity index is 5190. The van der Waals surface area contributed by atoms with Crippen LogP contribution in [0.15, 0.2) is 186 Å². The second kappa shape index (κ2) is 28.6. The summed E-state index contributed by atoms with van der Waals surface area (Å²) in [4.78, 5) is 83.6. The lowest BCUT2D eigenvalue weighted by molar-refractivity contribution is -0.245. The van der Waals surface area contributed by atoms with E-state index in [2.05, 4.69) is 15.3 Å². The number of phosphoric ester groups is 4. The van der Waals surface area contributed by atoms with Crippen LogP contribution in [0.5, 0.6) is 0 Å². The minimum atomic E-state index is -5.70. The number of aliphatic hydroxyl groups is 2. The molecule has 13 atom stereocenters. The monoisotopic (exact) mass is 1440 g/mol. The molecule has 524 valence electrons. The fourth-order valence-electron chi connectivity index (χ4n) is 13.1. The maximum atomic E-state index is 14.4. The number of ether oxygens (including phenoxy) is 2. The number of benzene rings is 7. The summed E-state index contributed by atoms with van der Waals surface area (Å²) < 4.78 is 121. The molecule has 0 saturated carbocycles. The van der Waals surface area contributed by atoms with Gasteiger partial charge < -0.3 is 89.2 Å². The number of aliphatic hydroxyl groups excluding tert-OH is 2. The molecule has 3 N–H and O–H groups in total. The number of aryl methyl sites for hydroxylation is 1. The van der Waals surface area contributed by atoms with Gasteiger partial charge in [-0.3, -0.25) is 32.6 Å². The van der Waals surface area contributed by atoms with Crippen molar-refractivity contribution in [3.05, 3.63) is 202 Å². The number of fused-ring (bicyclic) bond motifs is 10. The summed E-state index contributed by atoms with van der Waals surface area (Å²) in [6.45, 7) is -4.07. The van der Waals surface area contributed by atoms with Gasteiger partial charge in [-0.1, -0.05) is 127 Å². The number of hydrogen-bond acceptors (Lipinski definition) is 24. The predicted octanol–water partition coefficient (Wildman–Crippen LogP) is 7.12. The Morgan fingerprint density at radius 1 is 0.520 bits per heavy atom. The highest BCUT2D eigenvalue weighted by atomic mass is 31.2. The molecule has 0 aliphatic carbocycles. The van der Waals surface area contributed by atoms with Crippen molar-refractivity contribution in [3.8, 4) is 0 Å². The predicted molar refractivity (Wildman–Crippen MR) is 356 cm³/mol. The van der Waals surface area contributed by atoms with Gasteiger partial charge in [-0.05, 0) is 55.5 Å². The molecule has 7 heterocycles. The molecule has 0 bridgehead atoms. The lowest BCUT2D eigenvalue weighted by Crippen LogP contribution is -2.34. The zero-order valence-corrected chi connectivity index (χ0v) is 56.6. The third kappa shape index (κ3) is 14.8. The van der Waals surface area contributed by atoms with E-state index in [9.17, 15) is 57.6 Å². The topological polar surface area (TPSA) is 394 Å². The first kappa shape index (κ1) is 69.4. The Morgan fingerprint density at radius 2 is 0.910 bits per heavy atom. The van der Waals surface area contributed by atoms with E-state index in [4.69, 9.17) is 45.7 Å². The summed E-state index contributed by atoms with van der Waals surface area (Å²) in [5.74, 6) is 0. The highest BCUT2D eigenvalue weighted by Gasteiger charge is 2.43. The van der Waals surface area contributed by atoms with Crippen molar-refractivity contribution in [1.82, 2.24) is 38.2 Å². The SMILES string of the molecule is Cc1cn(C2CC(O)C(COP(=O)([O-])OC(COP(=O)([O-])OC3CC(n4nnc5ccccc54)OC3COP(=O)([O-])OC(COP(=O)([O-])OC(CO)Cn3c4ccccc4c4ccccc43)Cn3c4ccccc4c4ccccc43)Cn3c4ccccc4c4ccccc43)O2)c(=O)[nH]c1=O. The van der Waals surface area contributed by atoms with E-state index < -0.39 is 131 Å². The second-order valence-electron chi connectivity index (χ2n) is 24.2. The number of nitrogens with one attached hydrogen (secondary N) is 1. The maximum Gasteiger partial charge on any atom is 0.330 e. The van der Waals surface area contributed by atoms with Crippen LogP contribution < -0.4 is 30.8 Å². The summed E-state index contributed by atoms with van der Waals surface area (Å²) in [5.41, 5.74) is 3.47. The number of hydrogen-bond donors (Lipinski definition) is 3. The summed E-state index contributed by atoms with van der Waals surface area (Å²) in [5, 5.41) is 34.8. The maximum absolute atomic E-state index is 14.4. The average molecular weight is 1450 g/mol. The molecule has 13 unspecified atom stereocenters. The lowest BCUT2D eigenvalue weighted by atomic mass is 10.2. The van der Waals surface area contributed by atoms with E-state index in [0.29, 0.717) is 33.1 Å². The minimum absolute atomic E-state index is 0.139. The molecule has 5 aromatic heterocycles. The number of nitrogens with zero attached hydrogens (tertiary/aromatic N) is 7. The molecule has 0 amide bonds. The quantitative estimate of drug-likeness (QED) is 0.0392. The Labute approximate surface area is 567 Å². The summed E-state index contributed by atoms with van der Waals surface area (Å²) in [6.07, 6.45) is -12.4. The smallest absolute Gasteiger partial charge is 0.330 e. The van der Waals surface area contributed by atoms with Crippen LogP contribution in [-0.4, -0.2) is 124 Å². The number of aromatic amines is 1. The van der Waals surface area contributed by atoms with Gasteiger partial charge in [0.15, 0.2) is 6.23 Å². The number of aromatic nitrogens is 8. The van der Waals surface area contributed by atoms with Gasteiger partial charge in [-0.15, -0.1) is 5.10 Å². The van der Waals surface area contributed by atoms with Gasteiger partial charge in [0.1, 0.15) is 42.3 Å². The van der Waals surface area contributed by atoms with Gasteiger partial charge in [0.25, 0.3) is 36.9 Å². The first-order chi connectivity index (χ1) is 48.1. The van der Waals surface area contributed by atoms with Crippen molar-refractivity contribution in [2.45, 2.75) is 94.6 Å². The third-order valence-corrected chi connectivity index (χ3v) is 21.7. The molecule has 0 radical (unpaired) electrons. The highest BCUT2D eigenvalue weighted by Crippen LogP contribution is 2.50. The molecule has 7 aromatic carbocycles. The van der Waals surface area contributed by atoms with Gasteiger partial charge in [0.2, 0.25) is 0 Å². The van der Waals surface area contributed by atoms with E-state index in [-0.39, 0.29) is 38.0 Å². The van der Waals surface area contributed by atoms with Gasteiger partial charge in [0.05, 0.1) is 70.4 Å². The molecule has 2 aliphatic heterocycles. The van der Waals surface area contributed by atoms with Gasteiger partial charge in [0, 0.05) is 90.0 Å². The molecular formula is C66H64N8O22P4-4. The van der Waals surface area contributed by atoms with Crippen LogP contribution in [0.2, 0.25) is 0 Å². The van der Waals surface area contributed by atoms with Crippen LogP contribution in [0.3, 0.4) is 0 Å². The normalized spacial score (nSPS) is 21.7. The average Bonchev–Trinajstić information content (AvgIpc) is 1.61. The van der Waals surface area contributed by atoms with E-state index in [1.807, 2.05) is 89.5 Å². The molecule has 0 spiro atoms. The lowest BCUT2D eigenvalue weighted by Gasteiger charge is -2.33. The van der Waals surface area contributed by atoms with E-state index >= 15 is 0 Å². The van der Waals surface area contributed by atoms with Gasteiger partial charge >= 0.3 is 5.69 Å². The van der Waals surface area contributed by atoms with Crippen molar-refractivity contribution in [1.29, 1.82) is 0 Å². The van der Waals surface area contributed by atoms with Crippen LogP contribution in [0.4, 0.5) is 0 Å². The van der Waals surface area contributed by atoms with Crippen LogP contribution in [0, 0.1) is 6.92 Å². The van der Waals surface area contributed by atoms with E-state index in [0.717, 1.165) is 47.9 Å². The third-order valence-electron chi connectivity index (χ3n) is 17.6. The molecule has 34 heteroatoms. The molecular weight excluding hydrogens is 1380 g/mol. The van der Waals surface area contributed by atoms with Crippen molar-refractivity contribution >= 4 is 108 Å². The first-order valence-electron chi connectivity index (χ1n) is 31.7. The minimum Gasteiger partial charge on any atom is -0.756 e. The molecule has 100 heavy (non-hydrogen) atoms. The second-order valence-corrected chi connectivity index (χ2v) is 29.7. The van der Waals surface area contributed by atoms with Crippen molar-refractivity contribution in [3.63, 3.8) is 0 Å². The first-order valence-corrected chi connectivity index (χ1v) is 37.6. The number of H-pyrrole nitrogens is 1. The van der Waals surface area contributed by atoms with E-state index in [1.165, 1.54) is 17.8 Å². The Morgan fingerprint density at radius 3 is 1.38 bits per heavy atom. The van der Waals surface area contributed by atoms with Gasteiger partial charge in [-0.2, -0.15) is 0 Å². The molecule has 14 rings (SSSR count). The van der Waals surface area contributed by atoms with Crippen LogP contribution in [-0.2, 0) is 83.6 Å². The van der Waals surface area contributed by atoms with Gasteiger partial charge in [-0.25, -0.2) is 9.48 Å². The van der Waals surface area contributed by atoms with Crippen LogP contribution >= 0.6 is 31.3 Å². The standard InChI is InChI=1S/C66H68N8O22P4/c1-41-32-73(66(78)67-65(41)77)63-30-59(76)61(91-63)39-89-98(81,82)94-44(35-72-56-27-13-6-20-49(56)50-21-7-14-28-57(50)72)38-88-100(85,86)96-60-31-64(74-58-29-15-8-22-51(58)68-69-74)92-62(60)40-90-99(83,84)95-43(34-71-54-25-11-4-18-47(54)48-19-5-12-26-55(48)71)37-87-97(79,80)93-42(36-75)33-70-52-23-9-2-16-45(52)46-17-3-10-24-53(46)70/h2-29,32,42-44,59-64,75-76H,30-31,33-40H2,1H3,(H,79,80)(H,81,82)(H,83,84)(H,85,86)(H,67,77,78)/p-4. The number of para-hydroxylation sites is 7. The Kier molecular flexibility index (Phi) is 19.9. The zero-order valence-electron chi connectivity index (χ0n) is 53.0. The van der Waals surface area contributed by atoms with Crippen LogP contribution in [0.1, 0.15) is 30.9 Å². The number of rotatable bonds is 29. The van der Waals surface area contributed by atoms with Crippen molar-refractivity contribution in [2.24, 2.45) is 0 Å². The summed E-state index contributed by atoms with van der Waals surface area (Å²) >= 11 is 0. The van der Waals surface area contributed by atoms with Crippen molar-refractivity contribution in [2.75, 3.05) is 33.0 Å². The molecule has 2 saturated heterocycles. The van der Waals surface area contributed by atoms with Crippen molar-refractivity contribution < 1.29 is 93.7 Å². The summed E-state index contributed by atoms with van der Waals surface area (Å²) in [6, 6.07) is 50.4. The van der Waals surface area contributed by atoms with Crippen LogP contribution in [0.25, 0.3) is 76.5 Å². The molecule has 2 aliphatic rings. The fourth-order valence-corrected chi connectivity index (χ4v) is 16.8. The summed E-state index contributed by atoms with van der Waals surface area (Å²) in [7, 11) is -22.4. The Hall–Kier alpha value is -7.70. The zero-order chi connectivity index (χ0) is 69.7. The molecule has 12 aromatic rings. The highest BCUT2D eigenvalue weighted by molar-refractivity contribution is 7.46. The Balaban J connectivity index is 0.704. The molecule has 2 fully saturated rings. The number of phosphoric acid groups is 4. The van der Waals surface area contributed by atoms with E-state index in [1.54, 1.807) is 94.1 Å².